The van der Waals surface area contributed by atoms with E-state index in [1.165, 1.54) is 6.07 Å². The van der Waals surface area contributed by atoms with E-state index in [4.69, 9.17) is 4.74 Å². The molecule has 2 aromatic carbocycles. The Morgan fingerprint density at radius 1 is 1.15 bits per heavy atom. The highest BCUT2D eigenvalue weighted by molar-refractivity contribution is 5.98. The zero-order chi connectivity index (χ0) is 24.2. The van der Waals surface area contributed by atoms with Crippen molar-refractivity contribution in [1.82, 2.24) is 9.80 Å². The molecule has 0 aromatic heterocycles. The van der Waals surface area contributed by atoms with Crippen molar-refractivity contribution in [3.8, 4) is 0 Å². The van der Waals surface area contributed by atoms with Gasteiger partial charge in [-0.25, -0.2) is 4.39 Å². The van der Waals surface area contributed by atoms with Crippen molar-refractivity contribution in [1.29, 1.82) is 0 Å². The van der Waals surface area contributed by atoms with Crippen molar-refractivity contribution in [2.24, 2.45) is 5.92 Å². The van der Waals surface area contributed by atoms with Gasteiger partial charge < -0.3 is 9.64 Å². The van der Waals surface area contributed by atoms with E-state index in [-0.39, 0.29) is 23.6 Å². The quantitative estimate of drug-likeness (QED) is 0.441. The van der Waals surface area contributed by atoms with Gasteiger partial charge in [-0.15, -0.1) is 0 Å². The lowest BCUT2D eigenvalue weighted by Gasteiger charge is -2.50. The summed E-state index contributed by atoms with van der Waals surface area (Å²) in [5, 5.41) is 0. The maximum absolute atomic E-state index is 14.7. The zero-order valence-electron chi connectivity index (χ0n) is 20.3. The average molecular weight is 455 g/mol. The number of rotatable bonds is 8. The molecule has 0 unspecified atom stereocenters. The van der Waals surface area contributed by atoms with Gasteiger partial charge in [-0.2, -0.15) is 0 Å². The normalized spacial score (nSPS) is 21.6. The number of likely N-dealkylation sites (tertiary alicyclic amines) is 1. The molecule has 0 bridgehead atoms. The Hall–Kier alpha value is -2.57. The van der Waals surface area contributed by atoms with Crippen LogP contribution >= 0.6 is 0 Å². The third-order valence-electron chi connectivity index (χ3n) is 6.67. The number of halogens is 1. The van der Waals surface area contributed by atoms with Crippen LogP contribution in [0.15, 0.2) is 48.5 Å². The SMILES string of the molecule is COCCN1C[C@H](C(=O)c2ccccc2)[C@@H](c2cccc(F)c2C)[C@H](N(C=O)C(C)(C)C)C1. The number of nitrogens with zero attached hydrogens (tertiary/aromatic N) is 2. The van der Waals surface area contributed by atoms with Crippen molar-refractivity contribution in [2.45, 2.75) is 45.2 Å². The van der Waals surface area contributed by atoms with Crippen LogP contribution in [0, 0.1) is 18.7 Å². The zero-order valence-corrected chi connectivity index (χ0v) is 20.3. The van der Waals surface area contributed by atoms with Gasteiger partial charge in [0.1, 0.15) is 5.82 Å². The number of carbonyl (C=O) groups excluding carboxylic acids is 2. The molecule has 5 nitrogen and oxygen atoms in total. The molecule has 1 amide bonds. The molecule has 0 saturated carbocycles. The Kier molecular flexibility index (Phi) is 8.03. The predicted octanol–water partition coefficient (Wildman–Crippen LogP) is 4.30. The fourth-order valence-electron chi connectivity index (χ4n) is 4.98. The maximum Gasteiger partial charge on any atom is 0.210 e. The van der Waals surface area contributed by atoms with Crippen LogP contribution in [0.2, 0.25) is 0 Å². The number of carbonyl (C=O) groups is 2. The lowest BCUT2D eigenvalue weighted by molar-refractivity contribution is -0.128. The number of methoxy groups -OCH3 is 1. The molecule has 6 heteroatoms. The Morgan fingerprint density at radius 3 is 2.45 bits per heavy atom. The summed E-state index contributed by atoms with van der Waals surface area (Å²) in [7, 11) is 1.65. The van der Waals surface area contributed by atoms with Gasteiger partial charge in [0, 0.05) is 49.7 Å². The number of piperidine rings is 1. The Bertz CT molecular complexity index is 958. The number of hydrogen-bond acceptors (Lipinski definition) is 4. The van der Waals surface area contributed by atoms with E-state index in [1.54, 1.807) is 25.0 Å². The summed E-state index contributed by atoms with van der Waals surface area (Å²) in [6.07, 6.45) is 0.871. The molecular formula is C27H35FN2O3. The molecular weight excluding hydrogens is 419 g/mol. The van der Waals surface area contributed by atoms with Gasteiger partial charge in [0.2, 0.25) is 6.41 Å². The van der Waals surface area contributed by atoms with Crippen molar-refractivity contribution in [2.75, 3.05) is 33.4 Å². The topological polar surface area (TPSA) is 49.9 Å². The van der Waals surface area contributed by atoms with E-state index in [2.05, 4.69) is 4.90 Å². The van der Waals surface area contributed by atoms with Gasteiger partial charge in [-0.3, -0.25) is 14.5 Å². The second-order valence-electron chi connectivity index (χ2n) is 9.82. The van der Waals surface area contributed by atoms with Crippen LogP contribution in [0.25, 0.3) is 0 Å². The highest BCUT2D eigenvalue weighted by atomic mass is 19.1. The molecule has 0 spiro atoms. The minimum atomic E-state index is -0.462. The minimum absolute atomic E-state index is 0.0103. The van der Waals surface area contributed by atoms with Crippen LogP contribution < -0.4 is 0 Å². The van der Waals surface area contributed by atoms with Crippen molar-refractivity contribution < 1.29 is 18.7 Å². The van der Waals surface area contributed by atoms with E-state index in [0.717, 1.165) is 12.0 Å². The summed E-state index contributed by atoms with van der Waals surface area (Å²) in [6, 6.07) is 14.0. The monoisotopic (exact) mass is 454 g/mol. The Balaban J connectivity index is 2.17. The van der Waals surface area contributed by atoms with Crippen LogP contribution in [0.3, 0.4) is 0 Å². The van der Waals surface area contributed by atoms with Crippen LogP contribution in [0.5, 0.6) is 0 Å². The molecule has 1 aliphatic heterocycles. The molecule has 33 heavy (non-hydrogen) atoms. The van der Waals surface area contributed by atoms with Gasteiger partial charge in [-0.1, -0.05) is 42.5 Å². The molecule has 0 radical (unpaired) electrons. The molecule has 1 heterocycles. The van der Waals surface area contributed by atoms with Crippen molar-refractivity contribution in [3.63, 3.8) is 0 Å². The largest absolute Gasteiger partial charge is 0.383 e. The molecule has 3 rings (SSSR count). The lowest BCUT2D eigenvalue weighted by Crippen LogP contribution is -2.61. The van der Waals surface area contributed by atoms with E-state index in [9.17, 15) is 14.0 Å². The van der Waals surface area contributed by atoms with Crippen LogP contribution in [-0.4, -0.2) is 66.9 Å². The van der Waals surface area contributed by atoms with E-state index in [0.29, 0.717) is 37.4 Å². The third kappa shape index (κ3) is 5.50. The number of ketones is 1. The van der Waals surface area contributed by atoms with Crippen LogP contribution in [-0.2, 0) is 9.53 Å². The second-order valence-corrected chi connectivity index (χ2v) is 9.82. The first-order valence-corrected chi connectivity index (χ1v) is 11.5. The predicted molar refractivity (Wildman–Crippen MR) is 128 cm³/mol. The van der Waals surface area contributed by atoms with E-state index < -0.39 is 11.5 Å². The summed E-state index contributed by atoms with van der Waals surface area (Å²) in [4.78, 5) is 30.2. The molecule has 178 valence electrons. The van der Waals surface area contributed by atoms with Gasteiger partial charge >= 0.3 is 0 Å². The first kappa shape index (κ1) is 25.1. The number of hydrogen-bond donors (Lipinski definition) is 0. The fourth-order valence-corrected chi connectivity index (χ4v) is 4.98. The van der Waals surface area contributed by atoms with Gasteiger partial charge in [-0.05, 0) is 44.9 Å². The smallest absolute Gasteiger partial charge is 0.210 e. The summed E-state index contributed by atoms with van der Waals surface area (Å²) in [6.45, 7) is 9.99. The molecule has 1 aliphatic rings. The van der Waals surface area contributed by atoms with E-state index >= 15 is 0 Å². The van der Waals surface area contributed by atoms with Gasteiger partial charge in [0.25, 0.3) is 0 Å². The number of Topliss-reactive ketones (excluding diaryl/α,β-unsaturated/α-hetero) is 1. The molecule has 1 saturated heterocycles. The Morgan fingerprint density at radius 2 is 1.85 bits per heavy atom. The van der Waals surface area contributed by atoms with Crippen molar-refractivity contribution >= 4 is 12.2 Å². The highest BCUT2D eigenvalue weighted by Gasteiger charge is 2.46. The molecule has 0 aliphatic carbocycles. The average Bonchev–Trinajstić information content (AvgIpc) is 2.79. The standard InChI is InChI=1S/C27H35FN2O3/c1-19-21(12-9-13-23(19)28)25-22(26(32)20-10-7-6-8-11-20)16-29(14-15-33-5)17-24(25)30(18-31)27(2,3)4/h6-13,18,22,24-25H,14-17H2,1-5H3/t22-,24+,25+/m0/s1. The maximum atomic E-state index is 14.7. The third-order valence-corrected chi connectivity index (χ3v) is 6.67. The number of benzene rings is 2. The van der Waals surface area contributed by atoms with Crippen LogP contribution in [0.1, 0.15) is 48.2 Å². The summed E-state index contributed by atoms with van der Waals surface area (Å²) in [5.74, 6) is -1.06. The van der Waals surface area contributed by atoms with Crippen molar-refractivity contribution in [3.05, 3.63) is 71.0 Å². The highest BCUT2D eigenvalue weighted by Crippen LogP contribution is 2.41. The second kappa shape index (κ2) is 10.6. The Labute approximate surface area is 196 Å². The van der Waals surface area contributed by atoms with E-state index in [1.807, 2.05) is 57.2 Å². The first-order valence-electron chi connectivity index (χ1n) is 11.5. The summed E-state index contributed by atoms with van der Waals surface area (Å²) >= 11 is 0. The molecule has 3 atom stereocenters. The molecule has 0 N–H and O–H groups in total. The minimum Gasteiger partial charge on any atom is -0.383 e. The van der Waals surface area contributed by atoms with Gasteiger partial charge in [0.05, 0.1) is 12.6 Å². The summed E-state index contributed by atoms with van der Waals surface area (Å²) in [5.41, 5.74) is 1.49. The first-order chi connectivity index (χ1) is 15.7. The number of amides is 1. The number of ether oxygens (including phenoxy) is 1. The summed E-state index contributed by atoms with van der Waals surface area (Å²) < 4.78 is 20.0. The van der Waals surface area contributed by atoms with Gasteiger partial charge in [0.15, 0.2) is 5.78 Å². The molecule has 2 aromatic rings. The molecule has 1 fully saturated rings. The lowest BCUT2D eigenvalue weighted by atomic mass is 9.71. The van der Waals surface area contributed by atoms with Crippen LogP contribution in [0.4, 0.5) is 4.39 Å². The fraction of sp³-hybridized carbons (Fsp3) is 0.481.